The van der Waals surface area contributed by atoms with Crippen LogP contribution in [-0.4, -0.2) is 0 Å². The van der Waals surface area contributed by atoms with Crippen molar-refractivity contribution in [2.24, 2.45) is 0 Å². The molecule has 3 aromatic rings. The third kappa shape index (κ3) is 4.51. The molecule has 0 amide bonds. The second-order valence-electron chi connectivity index (χ2n) is 6.70. The summed E-state index contributed by atoms with van der Waals surface area (Å²) < 4.78 is 29.1. The summed E-state index contributed by atoms with van der Waals surface area (Å²) in [6.45, 7) is 4.19. The Morgan fingerprint density at radius 1 is 0.593 bits per heavy atom. The topological polar surface area (TPSA) is 0 Å². The van der Waals surface area contributed by atoms with Gasteiger partial charge in [0.25, 0.3) is 0 Å². The van der Waals surface area contributed by atoms with Crippen LogP contribution in [0.2, 0.25) is 0 Å². The van der Waals surface area contributed by atoms with E-state index in [0.717, 1.165) is 36.0 Å². The molecule has 0 aromatic heterocycles. The lowest BCUT2D eigenvalue weighted by Crippen LogP contribution is -1.87. The number of aryl methyl sites for hydroxylation is 2. The van der Waals surface area contributed by atoms with Crippen LogP contribution in [0.25, 0.3) is 22.8 Å². The van der Waals surface area contributed by atoms with Crippen molar-refractivity contribution in [3.05, 3.63) is 95.1 Å². The van der Waals surface area contributed by atoms with E-state index < -0.39 is 11.7 Å². The molecule has 0 saturated heterocycles. The summed E-state index contributed by atoms with van der Waals surface area (Å²) in [6.07, 6.45) is 3.05. The molecule has 0 nitrogen and oxygen atoms in total. The Morgan fingerprint density at radius 2 is 1.00 bits per heavy atom. The molecule has 0 saturated carbocycles. The van der Waals surface area contributed by atoms with Crippen molar-refractivity contribution in [3.8, 4) is 11.1 Å². The van der Waals surface area contributed by atoms with Crippen molar-refractivity contribution >= 4 is 11.7 Å². The number of hydrogen-bond donors (Lipinski definition) is 0. The molecule has 0 fully saturated rings. The van der Waals surface area contributed by atoms with E-state index in [4.69, 9.17) is 0 Å². The van der Waals surface area contributed by atoms with Gasteiger partial charge in [-0.1, -0.05) is 93.1 Å². The molecule has 0 bridgehead atoms. The molecule has 0 N–H and O–H groups in total. The first kappa shape index (κ1) is 19.0. The fourth-order valence-electron chi connectivity index (χ4n) is 3.10. The van der Waals surface area contributed by atoms with Gasteiger partial charge in [0, 0.05) is 11.1 Å². The summed E-state index contributed by atoms with van der Waals surface area (Å²) >= 11 is 0. The highest BCUT2D eigenvalue weighted by atomic mass is 19.2. The summed E-state index contributed by atoms with van der Waals surface area (Å²) in [5.74, 6) is -1.65. The quantitative estimate of drug-likeness (QED) is 0.395. The van der Waals surface area contributed by atoms with E-state index in [0.29, 0.717) is 0 Å². The van der Waals surface area contributed by atoms with Crippen molar-refractivity contribution in [1.82, 2.24) is 0 Å². The van der Waals surface area contributed by atoms with Crippen molar-refractivity contribution in [3.63, 3.8) is 0 Å². The predicted octanol–water partition coefficient (Wildman–Crippen LogP) is 7.63. The van der Waals surface area contributed by atoms with E-state index in [1.807, 2.05) is 31.2 Å². The average Bonchev–Trinajstić information content (AvgIpc) is 2.74. The summed E-state index contributed by atoms with van der Waals surface area (Å²) in [7, 11) is 0. The summed E-state index contributed by atoms with van der Waals surface area (Å²) in [5.41, 5.74) is 4.98. The molecule has 3 rings (SSSR count). The molecule has 3 aromatic carbocycles. The molecule has 0 heterocycles. The summed E-state index contributed by atoms with van der Waals surface area (Å²) in [6, 6.07) is 22.2. The van der Waals surface area contributed by atoms with Crippen LogP contribution in [-0.2, 0) is 12.8 Å². The van der Waals surface area contributed by atoms with Gasteiger partial charge in [0.2, 0.25) is 0 Å². The molecular formula is C25H24F2. The summed E-state index contributed by atoms with van der Waals surface area (Å²) in [5, 5.41) is 0. The summed E-state index contributed by atoms with van der Waals surface area (Å²) in [4.78, 5) is 0. The maximum absolute atomic E-state index is 14.6. The molecule has 2 heteroatoms. The Morgan fingerprint density at radius 3 is 1.44 bits per heavy atom. The van der Waals surface area contributed by atoms with E-state index in [1.54, 1.807) is 24.3 Å². The molecule has 0 aliphatic heterocycles. The molecule has 0 aliphatic rings. The van der Waals surface area contributed by atoms with E-state index in [2.05, 4.69) is 31.2 Å². The van der Waals surface area contributed by atoms with E-state index in [9.17, 15) is 8.78 Å². The minimum atomic E-state index is -0.830. The zero-order valence-corrected chi connectivity index (χ0v) is 15.8. The van der Waals surface area contributed by atoms with Crippen LogP contribution < -0.4 is 0 Å². The van der Waals surface area contributed by atoms with Crippen LogP contribution >= 0.6 is 0 Å². The molecule has 0 spiro atoms. The first-order valence-electron chi connectivity index (χ1n) is 9.46. The first-order valence-corrected chi connectivity index (χ1v) is 9.46. The fraction of sp³-hybridized carbons (Fsp3) is 0.200. The van der Waals surface area contributed by atoms with Crippen molar-refractivity contribution in [1.29, 1.82) is 0 Å². The number of benzene rings is 3. The van der Waals surface area contributed by atoms with E-state index in [1.165, 1.54) is 5.56 Å². The van der Waals surface area contributed by atoms with Gasteiger partial charge in [-0.15, -0.1) is 0 Å². The second kappa shape index (κ2) is 8.77. The third-order valence-electron chi connectivity index (χ3n) is 4.77. The SMILES string of the molecule is CCCc1ccc(-c2ccc(/C(F)=C(\F)c3ccc(CC)cc3)cc2)cc1. The lowest BCUT2D eigenvalue weighted by molar-refractivity contribution is 0.700. The number of halogens is 2. The Hall–Kier alpha value is -2.74. The van der Waals surface area contributed by atoms with E-state index in [-0.39, 0.29) is 11.1 Å². The standard InChI is InChI=1S/C25H24F2/c1-3-5-19-8-10-20(11-9-19)21-14-16-23(17-15-21)25(27)24(26)22-12-6-18(4-2)7-13-22/h6-17H,3-5H2,1-2H3/b25-24+. The molecule has 0 atom stereocenters. The van der Waals surface area contributed by atoms with Gasteiger partial charge in [-0.3, -0.25) is 0 Å². The average molecular weight is 362 g/mol. The highest BCUT2D eigenvalue weighted by molar-refractivity contribution is 5.83. The van der Waals surface area contributed by atoms with Crippen LogP contribution in [0.3, 0.4) is 0 Å². The van der Waals surface area contributed by atoms with Crippen LogP contribution in [0.5, 0.6) is 0 Å². The van der Waals surface area contributed by atoms with Crippen LogP contribution in [0.4, 0.5) is 8.78 Å². The molecule has 0 radical (unpaired) electrons. The Balaban J connectivity index is 1.82. The zero-order chi connectivity index (χ0) is 19.2. The molecule has 138 valence electrons. The minimum Gasteiger partial charge on any atom is -0.203 e. The van der Waals surface area contributed by atoms with Gasteiger partial charge in [-0.2, -0.15) is 0 Å². The van der Waals surface area contributed by atoms with Crippen LogP contribution in [0, 0.1) is 0 Å². The van der Waals surface area contributed by atoms with Crippen LogP contribution in [0.1, 0.15) is 42.5 Å². The maximum Gasteiger partial charge on any atom is 0.166 e. The van der Waals surface area contributed by atoms with Gasteiger partial charge >= 0.3 is 0 Å². The predicted molar refractivity (Wildman–Crippen MR) is 111 cm³/mol. The second-order valence-corrected chi connectivity index (χ2v) is 6.70. The van der Waals surface area contributed by atoms with Crippen molar-refractivity contribution in [2.75, 3.05) is 0 Å². The van der Waals surface area contributed by atoms with Gasteiger partial charge in [0.15, 0.2) is 11.7 Å². The van der Waals surface area contributed by atoms with Gasteiger partial charge in [0.1, 0.15) is 0 Å². The Labute approximate surface area is 160 Å². The molecule has 0 aliphatic carbocycles. The van der Waals surface area contributed by atoms with Gasteiger partial charge < -0.3 is 0 Å². The number of rotatable bonds is 6. The largest absolute Gasteiger partial charge is 0.203 e. The monoisotopic (exact) mass is 362 g/mol. The Kier molecular flexibility index (Phi) is 6.18. The third-order valence-corrected chi connectivity index (χ3v) is 4.77. The molecule has 0 unspecified atom stereocenters. The normalized spacial score (nSPS) is 12.0. The minimum absolute atomic E-state index is 0.249. The number of hydrogen-bond acceptors (Lipinski definition) is 0. The fourth-order valence-corrected chi connectivity index (χ4v) is 3.10. The lowest BCUT2D eigenvalue weighted by atomic mass is 10.0. The smallest absolute Gasteiger partial charge is 0.166 e. The van der Waals surface area contributed by atoms with E-state index >= 15 is 0 Å². The van der Waals surface area contributed by atoms with Gasteiger partial charge in [0.05, 0.1) is 0 Å². The first-order chi connectivity index (χ1) is 13.1. The van der Waals surface area contributed by atoms with Crippen molar-refractivity contribution in [2.45, 2.75) is 33.1 Å². The zero-order valence-electron chi connectivity index (χ0n) is 15.8. The molecule has 27 heavy (non-hydrogen) atoms. The Bertz CT molecular complexity index is 902. The maximum atomic E-state index is 14.6. The van der Waals surface area contributed by atoms with Gasteiger partial charge in [-0.25, -0.2) is 8.78 Å². The van der Waals surface area contributed by atoms with Crippen molar-refractivity contribution < 1.29 is 8.78 Å². The highest BCUT2D eigenvalue weighted by Gasteiger charge is 2.11. The van der Waals surface area contributed by atoms with Gasteiger partial charge in [-0.05, 0) is 35.1 Å². The highest BCUT2D eigenvalue weighted by Crippen LogP contribution is 2.30. The van der Waals surface area contributed by atoms with Crippen LogP contribution in [0.15, 0.2) is 72.8 Å². The lowest BCUT2D eigenvalue weighted by Gasteiger charge is -2.06. The molecular weight excluding hydrogens is 338 g/mol.